The number of alkyl halides is 3. The molecule has 0 bridgehead atoms. The summed E-state index contributed by atoms with van der Waals surface area (Å²) in [5, 5.41) is 29.8. The molecule has 0 aliphatic carbocycles. The lowest BCUT2D eigenvalue weighted by Gasteiger charge is -2.20. The molecule has 1 amide bonds. The number of guanidine groups is 1. The number of amides is 1. The molecule has 1 heterocycles. The maximum Gasteiger partial charge on any atom is 0.416 e. The third kappa shape index (κ3) is 8.16. The van der Waals surface area contributed by atoms with Gasteiger partial charge in [0.1, 0.15) is 27.8 Å². The minimum Gasteiger partial charge on any atom is -0.368 e. The zero-order chi connectivity index (χ0) is 26.9. The monoisotopic (exact) mass is 526 g/mol. The SMILES string of the molecule is CSc1nc(N)nc(N[C@@H](CCCN/C(N)=N/[N+](=O)[O-])C(=O)Nc2cccc(C(F)(F)F)c2)c1C#N. The van der Waals surface area contributed by atoms with E-state index in [0.29, 0.717) is 0 Å². The summed E-state index contributed by atoms with van der Waals surface area (Å²) in [5.41, 5.74) is 10.0. The molecule has 0 saturated carbocycles. The molecule has 7 N–H and O–H groups in total. The Kier molecular flexibility index (Phi) is 9.61. The summed E-state index contributed by atoms with van der Waals surface area (Å²) < 4.78 is 39.1. The van der Waals surface area contributed by atoms with E-state index in [2.05, 4.69) is 31.0 Å². The molecule has 192 valence electrons. The largest absolute Gasteiger partial charge is 0.416 e. The van der Waals surface area contributed by atoms with Crippen LogP contribution in [0.3, 0.4) is 0 Å². The topological polar surface area (TPSA) is 210 Å². The first-order valence-corrected chi connectivity index (χ1v) is 11.3. The number of hydrogen-bond acceptors (Lipinski definition) is 9. The molecule has 0 spiro atoms. The van der Waals surface area contributed by atoms with E-state index in [-0.39, 0.29) is 47.4 Å². The standard InChI is InChI=1S/C19H21F3N10O3S/c1-36-16-12(9-23)14(29-18(25)30-16)28-13(6-3-7-26-17(24)31-32(34)35)15(33)27-11-5-2-4-10(8-11)19(20,21)22/h2,4-5,8,13H,3,6-7H2,1H3,(H,27,33)(H3,24,26,31)(H3,25,28,29,30)/t13-/m0/s1. The van der Waals surface area contributed by atoms with Gasteiger partial charge in [-0.3, -0.25) is 4.79 Å². The number of anilines is 3. The fourth-order valence-electron chi connectivity index (χ4n) is 2.89. The average molecular weight is 527 g/mol. The molecule has 0 aliphatic rings. The third-order valence-electron chi connectivity index (χ3n) is 4.45. The van der Waals surface area contributed by atoms with Gasteiger partial charge in [-0.2, -0.15) is 23.4 Å². The van der Waals surface area contributed by atoms with Crippen LogP contribution in [0, 0.1) is 21.4 Å². The maximum absolute atomic E-state index is 13.0. The molecule has 36 heavy (non-hydrogen) atoms. The molecule has 17 heteroatoms. The van der Waals surface area contributed by atoms with Crippen LogP contribution in [0.15, 0.2) is 34.4 Å². The lowest BCUT2D eigenvalue weighted by atomic mass is 10.1. The molecule has 2 aromatic rings. The first kappa shape index (κ1) is 27.9. The Labute approximate surface area is 206 Å². The Morgan fingerprint density at radius 3 is 2.72 bits per heavy atom. The van der Waals surface area contributed by atoms with E-state index in [1.807, 2.05) is 6.07 Å². The Morgan fingerprint density at radius 2 is 2.11 bits per heavy atom. The molecule has 0 aliphatic heterocycles. The quantitative estimate of drug-likeness (QED) is 0.0574. The highest BCUT2D eigenvalue weighted by molar-refractivity contribution is 7.98. The molecule has 0 unspecified atom stereocenters. The second-order valence-corrected chi connectivity index (χ2v) is 7.78. The number of halogens is 3. The van der Waals surface area contributed by atoms with E-state index in [1.54, 1.807) is 6.26 Å². The highest BCUT2D eigenvalue weighted by atomic mass is 32.2. The van der Waals surface area contributed by atoms with Crippen molar-refractivity contribution in [2.24, 2.45) is 10.8 Å². The fraction of sp³-hybridized carbons (Fsp3) is 0.316. The van der Waals surface area contributed by atoms with Crippen molar-refractivity contribution in [1.82, 2.24) is 15.3 Å². The molecule has 0 fully saturated rings. The van der Waals surface area contributed by atoms with Gasteiger partial charge in [-0.15, -0.1) is 11.8 Å². The molecule has 1 aromatic carbocycles. The number of thioether (sulfide) groups is 1. The van der Waals surface area contributed by atoms with Crippen LogP contribution in [-0.4, -0.2) is 45.7 Å². The molecular formula is C19H21F3N10O3S. The minimum atomic E-state index is -4.61. The molecule has 13 nitrogen and oxygen atoms in total. The van der Waals surface area contributed by atoms with Gasteiger partial charge in [-0.1, -0.05) is 6.07 Å². The van der Waals surface area contributed by atoms with Crippen molar-refractivity contribution in [3.8, 4) is 6.07 Å². The molecule has 1 atom stereocenters. The van der Waals surface area contributed by atoms with Gasteiger partial charge < -0.3 is 27.4 Å². The first-order chi connectivity index (χ1) is 16.9. The van der Waals surface area contributed by atoms with E-state index in [0.717, 1.165) is 30.0 Å². The van der Waals surface area contributed by atoms with Gasteiger partial charge >= 0.3 is 6.18 Å². The zero-order valence-electron chi connectivity index (χ0n) is 18.7. The van der Waals surface area contributed by atoms with Crippen molar-refractivity contribution in [3.63, 3.8) is 0 Å². The van der Waals surface area contributed by atoms with Gasteiger partial charge in [0.25, 0.3) is 5.96 Å². The van der Waals surface area contributed by atoms with E-state index in [4.69, 9.17) is 11.5 Å². The zero-order valence-corrected chi connectivity index (χ0v) is 19.5. The molecular weight excluding hydrogens is 505 g/mol. The van der Waals surface area contributed by atoms with Crippen LogP contribution in [0.25, 0.3) is 0 Å². The number of hydrazone groups is 1. The van der Waals surface area contributed by atoms with E-state index < -0.39 is 34.7 Å². The lowest BCUT2D eigenvalue weighted by molar-refractivity contribution is -0.485. The number of nitriles is 1. The predicted octanol–water partition coefficient (Wildman–Crippen LogP) is 1.97. The van der Waals surface area contributed by atoms with E-state index in [1.165, 1.54) is 6.07 Å². The number of nitro groups is 1. The number of rotatable bonds is 10. The number of carbonyl (C=O) groups is 1. The number of nitrogens with zero attached hydrogens (tertiary/aromatic N) is 5. The molecule has 0 radical (unpaired) electrons. The number of benzene rings is 1. The van der Waals surface area contributed by atoms with Crippen LogP contribution >= 0.6 is 11.8 Å². The van der Waals surface area contributed by atoms with Crippen molar-refractivity contribution in [3.05, 3.63) is 45.5 Å². The summed E-state index contributed by atoms with van der Waals surface area (Å²) in [6.45, 7) is 0.0747. The Balaban J connectivity index is 2.27. The van der Waals surface area contributed by atoms with E-state index in [9.17, 15) is 33.3 Å². The summed E-state index contributed by atoms with van der Waals surface area (Å²) in [6.07, 6.45) is -2.69. The van der Waals surface area contributed by atoms with Crippen LogP contribution in [0.2, 0.25) is 0 Å². The highest BCUT2D eigenvalue weighted by Gasteiger charge is 2.31. The molecule has 0 saturated heterocycles. The second kappa shape index (κ2) is 12.4. The van der Waals surface area contributed by atoms with Crippen molar-refractivity contribution < 1.29 is 23.0 Å². The van der Waals surface area contributed by atoms with Crippen LogP contribution in [0.5, 0.6) is 0 Å². The average Bonchev–Trinajstić information content (AvgIpc) is 2.79. The molecule has 1 aromatic heterocycles. The smallest absolute Gasteiger partial charge is 0.368 e. The van der Waals surface area contributed by atoms with Crippen molar-refractivity contribution in [2.45, 2.75) is 30.1 Å². The Hall–Kier alpha value is -4.33. The van der Waals surface area contributed by atoms with Gasteiger partial charge in [0, 0.05) is 12.2 Å². The predicted molar refractivity (Wildman–Crippen MR) is 126 cm³/mol. The lowest BCUT2D eigenvalue weighted by Crippen LogP contribution is -2.37. The summed E-state index contributed by atoms with van der Waals surface area (Å²) >= 11 is 1.13. The summed E-state index contributed by atoms with van der Waals surface area (Å²) in [4.78, 5) is 31.3. The van der Waals surface area contributed by atoms with E-state index >= 15 is 0 Å². The maximum atomic E-state index is 13.0. The van der Waals surface area contributed by atoms with Gasteiger partial charge in [-0.25, -0.2) is 15.1 Å². The number of nitrogens with one attached hydrogen (secondary N) is 3. The van der Waals surface area contributed by atoms with Gasteiger partial charge in [0.05, 0.1) is 5.56 Å². The summed E-state index contributed by atoms with van der Waals surface area (Å²) in [5.74, 6) is -1.38. The van der Waals surface area contributed by atoms with Gasteiger partial charge in [-0.05, 0) is 37.3 Å². The van der Waals surface area contributed by atoms with Crippen molar-refractivity contribution in [1.29, 1.82) is 5.26 Å². The van der Waals surface area contributed by atoms with Crippen molar-refractivity contribution in [2.75, 3.05) is 29.2 Å². The van der Waals surface area contributed by atoms with Crippen molar-refractivity contribution >= 4 is 41.1 Å². The van der Waals surface area contributed by atoms with Gasteiger partial charge in [0.2, 0.25) is 11.9 Å². The van der Waals surface area contributed by atoms with Crippen LogP contribution < -0.4 is 27.4 Å². The summed E-state index contributed by atoms with van der Waals surface area (Å²) in [7, 11) is 0. The number of carbonyl (C=O) groups excluding carboxylic acids is 1. The second-order valence-electron chi connectivity index (χ2n) is 6.98. The summed E-state index contributed by atoms with van der Waals surface area (Å²) in [6, 6.07) is 4.90. The minimum absolute atomic E-state index is 0.0223. The molecule has 2 rings (SSSR count). The number of hydrogen-bond donors (Lipinski definition) is 5. The third-order valence-corrected chi connectivity index (χ3v) is 5.13. The fourth-order valence-corrected chi connectivity index (χ4v) is 3.42. The highest BCUT2D eigenvalue weighted by Crippen LogP contribution is 2.31. The van der Waals surface area contributed by atoms with Gasteiger partial charge in [0.15, 0.2) is 10.9 Å². The van der Waals surface area contributed by atoms with Crippen LogP contribution in [0.1, 0.15) is 24.0 Å². The van der Waals surface area contributed by atoms with Crippen LogP contribution in [0.4, 0.5) is 30.6 Å². The Bertz CT molecular complexity index is 1190. The first-order valence-electron chi connectivity index (χ1n) is 10.0. The number of aromatic nitrogens is 2. The van der Waals surface area contributed by atoms with Crippen LogP contribution in [-0.2, 0) is 11.0 Å². The normalized spacial score (nSPS) is 12.4. The number of nitrogen functional groups attached to an aromatic ring is 1. The number of nitrogens with two attached hydrogens (primary N) is 2. The Morgan fingerprint density at radius 1 is 1.39 bits per heavy atom.